The van der Waals surface area contributed by atoms with E-state index in [0.29, 0.717) is 46.0 Å². The van der Waals surface area contributed by atoms with Gasteiger partial charge in [-0.1, -0.05) is 6.07 Å². The number of fused-ring (bicyclic) bond motifs is 1. The monoisotopic (exact) mass is 320 g/mol. The highest BCUT2D eigenvalue weighted by Gasteiger charge is 2.22. The number of hydrogen-bond donors (Lipinski definition) is 0. The number of carbonyl (C=O) groups is 1. The van der Waals surface area contributed by atoms with Gasteiger partial charge in [-0.05, 0) is 31.7 Å². The molecule has 126 valence electrons. The third-order valence-electron chi connectivity index (χ3n) is 4.06. The Labute approximate surface area is 136 Å². The lowest BCUT2D eigenvalue weighted by atomic mass is 10.2. The van der Waals surface area contributed by atoms with Gasteiger partial charge in [-0.25, -0.2) is 0 Å². The van der Waals surface area contributed by atoms with Crippen molar-refractivity contribution in [2.45, 2.75) is 19.6 Å². The van der Waals surface area contributed by atoms with Gasteiger partial charge in [-0.3, -0.25) is 9.69 Å². The van der Waals surface area contributed by atoms with E-state index < -0.39 is 0 Å². The zero-order chi connectivity index (χ0) is 16.2. The first-order chi connectivity index (χ1) is 11.1. The van der Waals surface area contributed by atoms with Crippen molar-refractivity contribution >= 4 is 5.91 Å². The van der Waals surface area contributed by atoms with Crippen molar-refractivity contribution in [2.75, 3.05) is 46.5 Å². The Morgan fingerprint density at radius 3 is 2.83 bits per heavy atom. The molecule has 0 spiro atoms. The first kappa shape index (κ1) is 16.1. The second-order valence-corrected chi connectivity index (χ2v) is 6.17. The van der Waals surface area contributed by atoms with E-state index >= 15 is 0 Å². The molecule has 2 aliphatic heterocycles. The van der Waals surface area contributed by atoms with E-state index in [4.69, 9.17) is 14.2 Å². The van der Waals surface area contributed by atoms with Gasteiger partial charge in [0, 0.05) is 19.6 Å². The van der Waals surface area contributed by atoms with Crippen molar-refractivity contribution < 1.29 is 19.0 Å². The molecule has 2 aliphatic rings. The third kappa shape index (κ3) is 4.14. The zero-order valence-corrected chi connectivity index (χ0v) is 13.8. The quantitative estimate of drug-likeness (QED) is 0.833. The van der Waals surface area contributed by atoms with Crippen molar-refractivity contribution in [3.63, 3.8) is 0 Å². The summed E-state index contributed by atoms with van der Waals surface area (Å²) >= 11 is 0. The first-order valence-electron chi connectivity index (χ1n) is 8.08. The van der Waals surface area contributed by atoms with Gasteiger partial charge < -0.3 is 19.1 Å². The van der Waals surface area contributed by atoms with E-state index in [1.807, 2.05) is 42.0 Å². The van der Waals surface area contributed by atoms with E-state index in [9.17, 15) is 4.79 Å². The number of likely N-dealkylation sites (N-methyl/N-ethyl adjacent to an activating group) is 1. The molecule has 0 bridgehead atoms. The Morgan fingerprint density at radius 2 is 2.04 bits per heavy atom. The van der Waals surface area contributed by atoms with Crippen LogP contribution in [0.3, 0.4) is 0 Å². The molecule has 1 amide bonds. The minimum absolute atomic E-state index is 0.121. The maximum atomic E-state index is 12.4. The Kier molecular flexibility index (Phi) is 5.03. The van der Waals surface area contributed by atoms with E-state index in [1.54, 1.807) is 0 Å². The van der Waals surface area contributed by atoms with Gasteiger partial charge >= 0.3 is 0 Å². The normalized spacial score (nSPS) is 20.7. The molecular formula is C17H24N2O4. The molecule has 6 heteroatoms. The molecule has 0 aromatic heterocycles. The van der Waals surface area contributed by atoms with Gasteiger partial charge in [0.05, 0.1) is 19.3 Å². The van der Waals surface area contributed by atoms with Gasteiger partial charge in [0.15, 0.2) is 11.5 Å². The van der Waals surface area contributed by atoms with Crippen molar-refractivity contribution in [1.29, 1.82) is 0 Å². The van der Waals surface area contributed by atoms with Crippen molar-refractivity contribution in [3.05, 3.63) is 23.8 Å². The molecule has 2 heterocycles. The van der Waals surface area contributed by atoms with Gasteiger partial charge in [0.1, 0.15) is 13.2 Å². The van der Waals surface area contributed by atoms with Crippen LogP contribution in [-0.2, 0) is 16.1 Å². The highest BCUT2D eigenvalue weighted by Crippen LogP contribution is 2.31. The fourth-order valence-corrected chi connectivity index (χ4v) is 2.93. The van der Waals surface area contributed by atoms with Crippen molar-refractivity contribution in [3.8, 4) is 11.5 Å². The van der Waals surface area contributed by atoms with Crippen LogP contribution in [0.1, 0.15) is 12.5 Å². The Balaban J connectivity index is 1.54. The molecule has 0 N–H and O–H groups in total. The molecule has 6 nitrogen and oxygen atoms in total. The lowest BCUT2D eigenvalue weighted by Crippen LogP contribution is -2.47. The van der Waals surface area contributed by atoms with Crippen LogP contribution in [0.15, 0.2) is 18.2 Å². The van der Waals surface area contributed by atoms with Gasteiger partial charge in [-0.2, -0.15) is 0 Å². The molecule has 1 aromatic carbocycles. The van der Waals surface area contributed by atoms with E-state index in [0.717, 1.165) is 17.1 Å². The number of amides is 1. The topological polar surface area (TPSA) is 51.2 Å². The number of morpholine rings is 1. The first-order valence-corrected chi connectivity index (χ1v) is 8.08. The maximum Gasteiger partial charge on any atom is 0.236 e. The van der Waals surface area contributed by atoms with Crippen LogP contribution in [0.2, 0.25) is 0 Å². The van der Waals surface area contributed by atoms with E-state index in [-0.39, 0.29) is 12.0 Å². The molecule has 1 atom stereocenters. The smallest absolute Gasteiger partial charge is 0.236 e. The fraction of sp³-hybridized carbons (Fsp3) is 0.588. The molecule has 1 fully saturated rings. The zero-order valence-electron chi connectivity index (χ0n) is 13.8. The van der Waals surface area contributed by atoms with Crippen molar-refractivity contribution in [1.82, 2.24) is 9.80 Å². The molecule has 3 rings (SSSR count). The van der Waals surface area contributed by atoms with E-state index in [2.05, 4.69) is 0 Å². The predicted molar refractivity (Wildman–Crippen MR) is 85.8 cm³/mol. The molecule has 0 unspecified atom stereocenters. The summed E-state index contributed by atoms with van der Waals surface area (Å²) < 4.78 is 16.6. The summed E-state index contributed by atoms with van der Waals surface area (Å²) in [6.07, 6.45) is 0.121. The van der Waals surface area contributed by atoms with Crippen LogP contribution in [0.5, 0.6) is 11.5 Å². The fourth-order valence-electron chi connectivity index (χ4n) is 2.93. The standard InChI is InChI=1S/C17H24N2O4/c1-13-10-19(5-6-21-13)17(20)12-18(2)11-14-3-4-15-16(9-14)23-8-7-22-15/h3-4,9,13H,5-8,10-12H2,1-2H3/t13-/m1/s1. The Bertz CT molecular complexity index is 564. The summed E-state index contributed by atoms with van der Waals surface area (Å²) in [5.74, 6) is 1.73. The molecule has 1 saturated heterocycles. The highest BCUT2D eigenvalue weighted by molar-refractivity contribution is 5.78. The SMILES string of the molecule is C[C@@H]1CN(C(=O)CN(C)Cc2ccc3c(c2)OCCO3)CCO1. The van der Waals surface area contributed by atoms with Crippen LogP contribution < -0.4 is 9.47 Å². The predicted octanol–water partition coefficient (Wildman–Crippen LogP) is 1.14. The summed E-state index contributed by atoms with van der Waals surface area (Å²) in [4.78, 5) is 16.3. The minimum Gasteiger partial charge on any atom is -0.486 e. The summed E-state index contributed by atoms with van der Waals surface area (Å²) in [6.45, 7) is 6.26. The molecule has 1 aromatic rings. The highest BCUT2D eigenvalue weighted by atomic mass is 16.6. The minimum atomic E-state index is 0.121. The third-order valence-corrected chi connectivity index (χ3v) is 4.06. The largest absolute Gasteiger partial charge is 0.486 e. The summed E-state index contributed by atoms with van der Waals surface area (Å²) in [6, 6.07) is 5.95. The van der Waals surface area contributed by atoms with Crippen LogP contribution >= 0.6 is 0 Å². The second kappa shape index (κ2) is 7.19. The molecule has 0 aliphatic carbocycles. The van der Waals surface area contributed by atoms with Crippen LogP contribution in [0.25, 0.3) is 0 Å². The average Bonchev–Trinajstić information content (AvgIpc) is 2.54. The van der Waals surface area contributed by atoms with Crippen molar-refractivity contribution in [2.24, 2.45) is 0 Å². The number of benzene rings is 1. The maximum absolute atomic E-state index is 12.4. The molecule has 0 radical (unpaired) electrons. The van der Waals surface area contributed by atoms with Crippen LogP contribution in [0.4, 0.5) is 0 Å². The Morgan fingerprint density at radius 1 is 1.26 bits per heavy atom. The number of nitrogens with zero attached hydrogens (tertiary/aromatic N) is 2. The van der Waals surface area contributed by atoms with E-state index in [1.165, 1.54) is 0 Å². The number of hydrogen-bond acceptors (Lipinski definition) is 5. The van der Waals surface area contributed by atoms with Crippen LogP contribution in [-0.4, -0.2) is 68.3 Å². The molecular weight excluding hydrogens is 296 g/mol. The summed E-state index contributed by atoms with van der Waals surface area (Å²) in [5, 5.41) is 0. The Hall–Kier alpha value is -1.79. The summed E-state index contributed by atoms with van der Waals surface area (Å²) in [5.41, 5.74) is 1.11. The average molecular weight is 320 g/mol. The molecule has 23 heavy (non-hydrogen) atoms. The number of rotatable bonds is 4. The van der Waals surface area contributed by atoms with Gasteiger partial charge in [0.25, 0.3) is 0 Å². The molecule has 0 saturated carbocycles. The second-order valence-electron chi connectivity index (χ2n) is 6.17. The summed E-state index contributed by atoms with van der Waals surface area (Å²) in [7, 11) is 1.96. The number of carbonyl (C=O) groups excluding carboxylic acids is 1. The van der Waals surface area contributed by atoms with Crippen LogP contribution in [0, 0.1) is 0 Å². The van der Waals surface area contributed by atoms with Gasteiger partial charge in [0.2, 0.25) is 5.91 Å². The number of ether oxygens (including phenoxy) is 3. The lowest BCUT2D eigenvalue weighted by molar-refractivity contribution is -0.139. The lowest BCUT2D eigenvalue weighted by Gasteiger charge is -2.32. The van der Waals surface area contributed by atoms with Gasteiger partial charge in [-0.15, -0.1) is 0 Å².